The van der Waals surface area contributed by atoms with Crippen molar-refractivity contribution in [2.75, 3.05) is 13.2 Å². The van der Waals surface area contributed by atoms with E-state index in [1.54, 1.807) is 18.2 Å². The molecule has 1 N–H and O–H groups in total. The molecular weight excluding hydrogens is 348 g/mol. The van der Waals surface area contributed by atoms with Crippen LogP contribution in [0.2, 0.25) is 0 Å². The zero-order valence-corrected chi connectivity index (χ0v) is 14.0. The van der Waals surface area contributed by atoms with Crippen LogP contribution in [-0.2, 0) is 0 Å². The van der Waals surface area contributed by atoms with E-state index in [4.69, 9.17) is 14.6 Å². The molecule has 0 unspecified atom stereocenters. The number of benzene rings is 2. The number of carboxylic acids is 1. The Kier molecular flexibility index (Phi) is 5.44. The van der Waals surface area contributed by atoms with Gasteiger partial charge in [0.05, 0.1) is 0 Å². The second-order valence-electron chi connectivity index (χ2n) is 4.87. The molecule has 116 valence electrons. The molecule has 0 aromatic heterocycles. The fourth-order valence-electron chi connectivity index (χ4n) is 2.19. The molecule has 0 atom stereocenters. The van der Waals surface area contributed by atoms with Gasteiger partial charge in [-0.05, 0) is 49.2 Å². The van der Waals surface area contributed by atoms with Gasteiger partial charge in [0.15, 0.2) is 0 Å². The maximum absolute atomic E-state index is 11.1. The summed E-state index contributed by atoms with van der Waals surface area (Å²) >= 11 is 3.45. The van der Waals surface area contributed by atoms with Gasteiger partial charge in [0.25, 0.3) is 0 Å². The Morgan fingerprint density at radius 3 is 2.32 bits per heavy atom. The molecule has 0 saturated heterocycles. The van der Waals surface area contributed by atoms with Crippen molar-refractivity contribution in [3.8, 4) is 11.5 Å². The van der Waals surface area contributed by atoms with Crippen LogP contribution in [-0.4, -0.2) is 24.3 Å². The summed E-state index contributed by atoms with van der Waals surface area (Å²) in [6.07, 6.45) is 0. The van der Waals surface area contributed by atoms with Crippen molar-refractivity contribution in [3.05, 3.63) is 57.6 Å². The molecule has 0 spiro atoms. The summed E-state index contributed by atoms with van der Waals surface area (Å²) in [5.74, 6) is 0.178. The van der Waals surface area contributed by atoms with E-state index in [2.05, 4.69) is 15.9 Å². The summed E-state index contributed by atoms with van der Waals surface area (Å²) in [7, 11) is 0. The quantitative estimate of drug-likeness (QED) is 0.779. The fourth-order valence-corrected chi connectivity index (χ4v) is 2.88. The molecule has 0 aliphatic rings. The molecule has 0 aliphatic heterocycles. The molecule has 2 aromatic carbocycles. The lowest BCUT2D eigenvalue weighted by molar-refractivity contribution is 0.0691. The standard InChI is InChI=1S/C17H17BrO4/c1-11-9-13(18)10-12(2)16(11)22-8-7-21-15-6-4-3-5-14(15)17(19)20/h3-6,9-10H,7-8H2,1-2H3,(H,19,20). The van der Waals surface area contributed by atoms with E-state index in [0.29, 0.717) is 12.4 Å². The van der Waals surface area contributed by atoms with Crippen LogP contribution < -0.4 is 9.47 Å². The number of hydrogen-bond donors (Lipinski definition) is 1. The van der Waals surface area contributed by atoms with E-state index in [9.17, 15) is 4.79 Å². The second-order valence-corrected chi connectivity index (χ2v) is 5.78. The van der Waals surface area contributed by atoms with Crippen molar-refractivity contribution in [1.29, 1.82) is 0 Å². The monoisotopic (exact) mass is 364 g/mol. The fraction of sp³-hybridized carbons (Fsp3) is 0.235. The van der Waals surface area contributed by atoms with Gasteiger partial charge in [-0.15, -0.1) is 0 Å². The van der Waals surface area contributed by atoms with E-state index in [1.807, 2.05) is 26.0 Å². The van der Waals surface area contributed by atoms with Crippen LogP contribution in [0.25, 0.3) is 0 Å². The van der Waals surface area contributed by atoms with Gasteiger partial charge < -0.3 is 14.6 Å². The van der Waals surface area contributed by atoms with Gasteiger partial charge in [-0.1, -0.05) is 28.1 Å². The molecule has 0 saturated carbocycles. The van der Waals surface area contributed by atoms with Crippen LogP contribution >= 0.6 is 15.9 Å². The van der Waals surface area contributed by atoms with Gasteiger partial charge in [0.2, 0.25) is 0 Å². The van der Waals surface area contributed by atoms with Crippen LogP contribution in [0, 0.1) is 13.8 Å². The van der Waals surface area contributed by atoms with Crippen molar-refractivity contribution in [2.45, 2.75) is 13.8 Å². The smallest absolute Gasteiger partial charge is 0.339 e. The van der Waals surface area contributed by atoms with Crippen molar-refractivity contribution in [3.63, 3.8) is 0 Å². The number of carboxylic acid groups (broad SMARTS) is 1. The van der Waals surface area contributed by atoms with Gasteiger partial charge in [-0.25, -0.2) is 4.79 Å². The maximum atomic E-state index is 11.1. The average molecular weight is 365 g/mol. The van der Waals surface area contributed by atoms with Crippen LogP contribution in [0.4, 0.5) is 0 Å². The minimum atomic E-state index is -1.00. The maximum Gasteiger partial charge on any atom is 0.339 e. The Bertz CT molecular complexity index is 659. The first-order valence-electron chi connectivity index (χ1n) is 6.83. The lowest BCUT2D eigenvalue weighted by Crippen LogP contribution is -2.12. The summed E-state index contributed by atoms with van der Waals surface area (Å²) < 4.78 is 12.3. The molecule has 0 heterocycles. The summed E-state index contributed by atoms with van der Waals surface area (Å²) in [4.78, 5) is 11.1. The highest BCUT2D eigenvalue weighted by molar-refractivity contribution is 9.10. The molecule has 0 fully saturated rings. The van der Waals surface area contributed by atoms with Gasteiger partial charge >= 0.3 is 5.97 Å². The number of aromatic carboxylic acids is 1. The third kappa shape index (κ3) is 4.01. The average Bonchev–Trinajstić information content (AvgIpc) is 2.45. The van der Waals surface area contributed by atoms with Crippen LogP contribution in [0.5, 0.6) is 11.5 Å². The summed E-state index contributed by atoms with van der Waals surface area (Å²) in [5.41, 5.74) is 2.23. The number of para-hydroxylation sites is 1. The predicted molar refractivity (Wildman–Crippen MR) is 88.0 cm³/mol. The van der Waals surface area contributed by atoms with Gasteiger partial charge in [0, 0.05) is 4.47 Å². The molecule has 0 amide bonds. The number of halogens is 1. The van der Waals surface area contributed by atoms with Crippen molar-refractivity contribution in [1.82, 2.24) is 0 Å². The molecule has 22 heavy (non-hydrogen) atoms. The first-order valence-corrected chi connectivity index (χ1v) is 7.63. The highest BCUT2D eigenvalue weighted by Crippen LogP contribution is 2.27. The Hall–Kier alpha value is -2.01. The third-order valence-electron chi connectivity index (χ3n) is 3.13. The molecule has 4 nitrogen and oxygen atoms in total. The molecule has 5 heteroatoms. The Morgan fingerprint density at radius 2 is 1.68 bits per heavy atom. The zero-order valence-electron chi connectivity index (χ0n) is 12.4. The summed E-state index contributed by atoms with van der Waals surface area (Å²) in [6, 6.07) is 10.5. The highest BCUT2D eigenvalue weighted by atomic mass is 79.9. The van der Waals surface area contributed by atoms with Crippen molar-refractivity contribution < 1.29 is 19.4 Å². The first-order chi connectivity index (χ1) is 10.5. The summed E-state index contributed by atoms with van der Waals surface area (Å²) in [6.45, 7) is 4.58. The normalized spacial score (nSPS) is 10.3. The van der Waals surface area contributed by atoms with Crippen LogP contribution in [0.15, 0.2) is 40.9 Å². The van der Waals surface area contributed by atoms with E-state index in [0.717, 1.165) is 21.3 Å². The Balaban J connectivity index is 1.95. The largest absolute Gasteiger partial charge is 0.489 e. The number of rotatable bonds is 6. The molecule has 2 aromatic rings. The van der Waals surface area contributed by atoms with E-state index in [1.165, 1.54) is 6.07 Å². The second kappa shape index (κ2) is 7.31. The molecule has 0 radical (unpaired) electrons. The molecule has 0 bridgehead atoms. The van der Waals surface area contributed by atoms with E-state index < -0.39 is 5.97 Å². The summed E-state index contributed by atoms with van der Waals surface area (Å²) in [5, 5.41) is 9.08. The minimum Gasteiger partial charge on any atom is -0.489 e. The lowest BCUT2D eigenvalue weighted by atomic mass is 10.1. The van der Waals surface area contributed by atoms with Gasteiger partial charge in [-0.3, -0.25) is 0 Å². The highest BCUT2D eigenvalue weighted by Gasteiger charge is 2.10. The Morgan fingerprint density at radius 1 is 1.09 bits per heavy atom. The topological polar surface area (TPSA) is 55.8 Å². The number of hydrogen-bond acceptors (Lipinski definition) is 3. The van der Waals surface area contributed by atoms with Crippen LogP contribution in [0.3, 0.4) is 0 Å². The van der Waals surface area contributed by atoms with Gasteiger partial charge in [-0.2, -0.15) is 0 Å². The molecule has 0 aliphatic carbocycles. The van der Waals surface area contributed by atoms with E-state index >= 15 is 0 Å². The first kappa shape index (κ1) is 16.4. The number of carbonyl (C=O) groups is 1. The Labute approximate surface area is 137 Å². The SMILES string of the molecule is Cc1cc(Br)cc(C)c1OCCOc1ccccc1C(=O)O. The lowest BCUT2D eigenvalue weighted by Gasteiger charge is -2.14. The molecular formula is C17H17BrO4. The van der Waals surface area contributed by atoms with Crippen LogP contribution in [0.1, 0.15) is 21.5 Å². The van der Waals surface area contributed by atoms with Crippen molar-refractivity contribution >= 4 is 21.9 Å². The van der Waals surface area contributed by atoms with Crippen molar-refractivity contribution in [2.24, 2.45) is 0 Å². The van der Waals surface area contributed by atoms with E-state index in [-0.39, 0.29) is 12.2 Å². The zero-order chi connectivity index (χ0) is 16.1. The predicted octanol–water partition coefficient (Wildman–Crippen LogP) is 4.22. The third-order valence-corrected chi connectivity index (χ3v) is 3.59. The number of aryl methyl sites for hydroxylation is 2. The van der Waals surface area contributed by atoms with Gasteiger partial charge in [0.1, 0.15) is 30.3 Å². The number of ether oxygens (including phenoxy) is 2. The minimum absolute atomic E-state index is 0.151. The molecule has 2 rings (SSSR count).